The Kier molecular flexibility index (Phi) is 6.01. The van der Waals surface area contributed by atoms with Gasteiger partial charge in [-0.3, -0.25) is 0 Å². The van der Waals surface area contributed by atoms with Gasteiger partial charge in [-0.15, -0.1) is 11.3 Å². The van der Waals surface area contributed by atoms with Crippen LogP contribution >= 0.6 is 11.3 Å². The Morgan fingerprint density at radius 1 is 0.500 bits per heavy atom. The van der Waals surface area contributed by atoms with Crippen molar-refractivity contribution in [2.24, 2.45) is 0 Å². The van der Waals surface area contributed by atoms with Gasteiger partial charge in [0, 0.05) is 54.5 Å². The molecule has 0 fully saturated rings. The molecule has 0 N–H and O–H groups in total. The van der Waals surface area contributed by atoms with Crippen molar-refractivity contribution in [3.63, 3.8) is 0 Å². The van der Waals surface area contributed by atoms with Crippen molar-refractivity contribution in [3.05, 3.63) is 133 Å². The van der Waals surface area contributed by atoms with Crippen molar-refractivity contribution in [2.75, 3.05) is 0 Å². The van der Waals surface area contributed by atoms with E-state index in [2.05, 4.69) is 111 Å². The zero-order valence-electron chi connectivity index (χ0n) is 25.1. The molecule has 0 radical (unpaired) electrons. The molecule has 7 heteroatoms. The standard InChI is InChI=1S/C39H26N6S/c1-23-11-3-4-13-25(23)33-24(2)12-7-15-29(33)35-42-36(30-16-8-20-32-34(30)28-14-5-6-19-31(28)46-32)44-39(43-35)45-37-26(17-9-21-40-37)27-18-10-22-41-38(27)45/h3-22H,1-2H3. The van der Waals surface area contributed by atoms with Gasteiger partial charge < -0.3 is 0 Å². The van der Waals surface area contributed by atoms with Gasteiger partial charge in [-0.2, -0.15) is 9.97 Å². The molecule has 4 aromatic carbocycles. The van der Waals surface area contributed by atoms with Crippen LogP contribution in [0.1, 0.15) is 11.1 Å². The third-order valence-electron chi connectivity index (χ3n) is 8.68. The van der Waals surface area contributed by atoms with Gasteiger partial charge in [0.2, 0.25) is 5.95 Å². The number of hydrogen-bond donors (Lipinski definition) is 0. The van der Waals surface area contributed by atoms with Crippen LogP contribution in [0.15, 0.2) is 122 Å². The van der Waals surface area contributed by atoms with E-state index in [0.717, 1.165) is 55.3 Å². The summed E-state index contributed by atoms with van der Waals surface area (Å²) in [4.78, 5) is 25.3. The third kappa shape index (κ3) is 4.06. The van der Waals surface area contributed by atoms with Gasteiger partial charge in [0.05, 0.1) is 0 Å². The molecule has 0 saturated heterocycles. The van der Waals surface area contributed by atoms with Gasteiger partial charge in [-0.1, -0.05) is 72.8 Å². The van der Waals surface area contributed by atoms with E-state index in [-0.39, 0.29) is 0 Å². The quantitative estimate of drug-likeness (QED) is 0.198. The Labute approximate surface area is 268 Å². The van der Waals surface area contributed by atoms with Crippen LogP contribution in [0.3, 0.4) is 0 Å². The molecule has 0 aliphatic carbocycles. The second-order valence-electron chi connectivity index (χ2n) is 11.5. The van der Waals surface area contributed by atoms with E-state index in [1.165, 1.54) is 20.3 Å². The third-order valence-corrected chi connectivity index (χ3v) is 9.82. The molecule has 46 heavy (non-hydrogen) atoms. The first-order valence-electron chi connectivity index (χ1n) is 15.2. The highest BCUT2D eigenvalue weighted by Crippen LogP contribution is 2.41. The van der Waals surface area contributed by atoms with Gasteiger partial charge in [-0.25, -0.2) is 19.5 Å². The van der Waals surface area contributed by atoms with Crippen LogP contribution in [0.4, 0.5) is 0 Å². The summed E-state index contributed by atoms with van der Waals surface area (Å²) in [5.74, 6) is 1.68. The van der Waals surface area contributed by atoms with Crippen molar-refractivity contribution >= 4 is 53.6 Å². The molecule has 0 bridgehead atoms. The summed E-state index contributed by atoms with van der Waals surface area (Å²) in [6.07, 6.45) is 3.60. The number of nitrogens with zero attached hydrogens (tertiary/aromatic N) is 6. The molecule has 9 aromatic rings. The second kappa shape index (κ2) is 10.4. The van der Waals surface area contributed by atoms with E-state index >= 15 is 0 Å². The number of rotatable bonds is 4. The molecule has 0 amide bonds. The van der Waals surface area contributed by atoms with E-state index in [0.29, 0.717) is 17.6 Å². The maximum Gasteiger partial charge on any atom is 0.241 e. The lowest BCUT2D eigenvalue weighted by Crippen LogP contribution is -2.08. The SMILES string of the molecule is Cc1ccccc1-c1c(C)cccc1-c1nc(-c2cccc3sc4ccccc4c23)nc(-n2c3ncccc3c3cccnc32)n1. The first-order valence-corrected chi connectivity index (χ1v) is 16.0. The predicted octanol–water partition coefficient (Wildman–Crippen LogP) is 9.74. The van der Waals surface area contributed by atoms with Crippen molar-refractivity contribution in [3.8, 4) is 39.9 Å². The zero-order chi connectivity index (χ0) is 30.8. The monoisotopic (exact) mass is 610 g/mol. The number of benzene rings is 4. The summed E-state index contributed by atoms with van der Waals surface area (Å²) >= 11 is 1.78. The molecule has 0 aliphatic rings. The van der Waals surface area contributed by atoms with Crippen LogP contribution in [0.5, 0.6) is 0 Å². The fourth-order valence-electron chi connectivity index (χ4n) is 6.59. The van der Waals surface area contributed by atoms with E-state index in [4.69, 9.17) is 24.9 Å². The molecule has 5 aromatic heterocycles. The van der Waals surface area contributed by atoms with Gasteiger partial charge in [0.1, 0.15) is 11.3 Å². The molecule has 218 valence electrons. The van der Waals surface area contributed by atoms with Crippen LogP contribution in [0.25, 0.3) is 82.1 Å². The first kappa shape index (κ1) is 26.6. The summed E-state index contributed by atoms with van der Waals surface area (Å²) in [5.41, 5.74) is 8.03. The largest absolute Gasteiger partial charge is 0.245 e. The molecular formula is C39H26N6S. The van der Waals surface area contributed by atoms with Gasteiger partial charge in [0.25, 0.3) is 0 Å². The number of fused-ring (bicyclic) bond motifs is 6. The number of pyridine rings is 2. The molecule has 9 rings (SSSR count). The summed E-state index contributed by atoms with van der Waals surface area (Å²) in [6, 6.07) is 37.8. The molecule has 0 unspecified atom stereocenters. The minimum Gasteiger partial charge on any atom is -0.245 e. The smallest absolute Gasteiger partial charge is 0.241 e. The lowest BCUT2D eigenvalue weighted by molar-refractivity contribution is 0.935. The van der Waals surface area contributed by atoms with E-state index in [1.807, 2.05) is 16.7 Å². The van der Waals surface area contributed by atoms with Crippen LogP contribution in [-0.2, 0) is 0 Å². The van der Waals surface area contributed by atoms with Crippen molar-refractivity contribution in [1.29, 1.82) is 0 Å². The molecule has 5 heterocycles. The summed E-state index contributed by atoms with van der Waals surface area (Å²) in [7, 11) is 0. The highest BCUT2D eigenvalue weighted by atomic mass is 32.1. The number of thiophene rings is 1. The van der Waals surface area contributed by atoms with Gasteiger partial charge >= 0.3 is 0 Å². The highest BCUT2D eigenvalue weighted by Gasteiger charge is 2.22. The molecule has 0 atom stereocenters. The lowest BCUT2D eigenvalue weighted by Gasteiger charge is -2.16. The fourth-order valence-corrected chi connectivity index (χ4v) is 7.72. The second-order valence-corrected chi connectivity index (χ2v) is 12.5. The maximum absolute atomic E-state index is 5.27. The Hall–Kier alpha value is -5.79. The molecule has 0 aliphatic heterocycles. The van der Waals surface area contributed by atoms with Crippen molar-refractivity contribution in [1.82, 2.24) is 29.5 Å². The normalized spacial score (nSPS) is 11.7. The Morgan fingerprint density at radius 3 is 1.87 bits per heavy atom. The maximum atomic E-state index is 5.27. The average Bonchev–Trinajstić information content (AvgIpc) is 3.64. The number of hydrogen-bond acceptors (Lipinski definition) is 6. The number of aromatic nitrogens is 6. The minimum absolute atomic E-state index is 0.478. The highest BCUT2D eigenvalue weighted by molar-refractivity contribution is 7.25. The summed E-state index contributed by atoms with van der Waals surface area (Å²) in [5, 5.41) is 4.33. The predicted molar refractivity (Wildman–Crippen MR) is 188 cm³/mol. The van der Waals surface area contributed by atoms with Crippen molar-refractivity contribution in [2.45, 2.75) is 13.8 Å². The molecular weight excluding hydrogens is 585 g/mol. The fraction of sp³-hybridized carbons (Fsp3) is 0.0513. The Balaban J connectivity index is 1.40. The lowest BCUT2D eigenvalue weighted by atomic mass is 9.92. The van der Waals surface area contributed by atoms with Crippen LogP contribution < -0.4 is 0 Å². The van der Waals surface area contributed by atoms with E-state index < -0.39 is 0 Å². The van der Waals surface area contributed by atoms with Gasteiger partial charge in [-0.05, 0) is 72.5 Å². The van der Waals surface area contributed by atoms with E-state index in [9.17, 15) is 0 Å². The Bertz CT molecular complexity index is 2580. The zero-order valence-corrected chi connectivity index (χ0v) is 26.0. The van der Waals surface area contributed by atoms with E-state index in [1.54, 1.807) is 23.7 Å². The van der Waals surface area contributed by atoms with Crippen LogP contribution in [0.2, 0.25) is 0 Å². The number of aryl methyl sites for hydroxylation is 2. The van der Waals surface area contributed by atoms with Gasteiger partial charge in [0.15, 0.2) is 11.6 Å². The van der Waals surface area contributed by atoms with Crippen LogP contribution in [-0.4, -0.2) is 29.5 Å². The van der Waals surface area contributed by atoms with Crippen molar-refractivity contribution < 1.29 is 0 Å². The molecule has 0 spiro atoms. The average molecular weight is 611 g/mol. The summed E-state index contributed by atoms with van der Waals surface area (Å²) in [6.45, 7) is 4.29. The topological polar surface area (TPSA) is 69.4 Å². The summed E-state index contributed by atoms with van der Waals surface area (Å²) < 4.78 is 4.39. The van der Waals surface area contributed by atoms with Crippen LogP contribution in [0, 0.1) is 13.8 Å². The molecule has 0 saturated carbocycles. The first-order chi connectivity index (χ1) is 22.7. The Morgan fingerprint density at radius 2 is 1.09 bits per heavy atom. The molecule has 6 nitrogen and oxygen atoms in total. The minimum atomic E-state index is 0.478.